The minimum atomic E-state index is 0.308. The lowest BCUT2D eigenvalue weighted by atomic mass is 10.1. The maximum atomic E-state index is 5.79. The van der Waals surface area contributed by atoms with E-state index in [1.807, 2.05) is 0 Å². The minimum Gasteiger partial charge on any atom is -0.378 e. The first-order chi connectivity index (χ1) is 10.1. The molecule has 1 unspecified atom stereocenters. The van der Waals surface area contributed by atoms with E-state index in [0.29, 0.717) is 12.0 Å². The summed E-state index contributed by atoms with van der Waals surface area (Å²) >= 11 is 0. The molecule has 1 fully saturated rings. The van der Waals surface area contributed by atoms with Gasteiger partial charge in [0.15, 0.2) is 0 Å². The van der Waals surface area contributed by atoms with Gasteiger partial charge in [0.1, 0.15) is 5.82 Å². The fourth-order valence-electron chi connectivity index (χ4n) is 2.81. The monoisotopic (exact) mass is 291 g/mol. The number of nitrogens with zero attached hydrogens (tertiary/aromatic N) is 2. The fraction of sp³-hybridized carbons (Fsp3) is 0.765. The number of hydrogen-bond acceptors (Lipinski definition) is 4. The maximum Gasteiger partial charge on any atom is 0.131 e. The average molecular weight is 291 g/mol. The summed E-state index contributed by atoms with van der Waals surface area (Å²) in [7, 11) is 0. The van der Waals surface area contributed by atoms with Crippen molar-refractivity contribution in [3.63, 3.8) is 0 Å². The molecule has 1 aliphatic heterocycles. The van der Waals surface area contributed by atoms with E-state index in [0.717, 1.165) is 49.8 Å². The molecule has 2 rings (SSSR count). The summed E-state index contributed by atoms with van der Waals surface area (Å²) in [5.41, 5.74) is 3.44. The Hall–Kier alpha value is -1.00. The standard InChI is InChI=1S/C17H29N3O/c1-12(2)10-18-11-16-13(3)19-17(20-14(16)4)9-15-7-5-6-8-21-15/h12,15,18H,5-11H2,1-4H3. The number of aryl methyl sites for hydroxylation is 2. The lowest BCUT2D eigenvalue weighted by Gasteiger charge is -2.22. The second-order valence-electron chi connectivity index (χ2n) is 6.51. The SMILES string of the molecule is Cc1nc(CC2CCCCO2)nc(C)c1CNCC(C)C. The molecule has 1 atom stereocenters. The van der Waals surface area contributed by atoms with Crippen LogP contribution >= 0.6 is 0 Å². The second-order valence-corrected chi connectivity index (χ2v) is 6.51. The molecule has 1 saturated heterocycles. The van der Waals surface area contributed by atoms with Gasteiger partial charge in [-0.25, -0.2) is 9.97 Å². The second kappa shape index (κ2) is 7.85. The van der Waals surface area contributed by atoms with Crippen molar-refractivity contribution in [1.82, 2.24) is 15.3 Å². The van der Waals surface area contributed by atoms with Gasteiger partial charge < -0.3 is 10.1 Å². The normalized spacial score (nSPS) is 19.2. The van der Waals surface area contributed by atoms with Crippen molar-refractivity contribution in [1.29, 1.82) is 0 Å². The van der Waals surface area contributed by atoms with Gasteiger partial charge in [0, 0.05) is 36.5 Å². The molecule has 0 bridgehead atoms. The minimum absolute atomic E-state index is 0.308. The Bertz CT molecular complexity index is 430. The van der Waals surface area contributed by atoms with Crippen molar-refractivity contribution in [3.05, 3.63) is 22.8 Å². The first-order valence-electron chi connectivity index (χ1n) is 8.21. The molecular formula is C17H29N3O. The summed E-state index contributed by atoms with van der Waals surface area (Å²) in [6, 6.07) is 0. The van der Waals surface area contributed by atoms with Crippen molar-refractivity contribution in [3.8, 4) is 0 Å². The summed E-state index contributed by atoms with van der Waals surface area (Å²) in [6.45, 7) is 11.4. The van der Waals surface area contributed by atoms with Gasteiger partial charge in [0.2, 0.25) is 0 Å². The first-order valence-corrected chi connectivity index (χ1v) is 8.21. The topological polar surface area (TPSA) is 47.0 Å². The van der Waals surface area contributed by atoms with Crippen LogP contribution in [-0.4, -0.2) is 29.2 Å². The van der Waals surface area contributed by atoms with Crippen LogP contribution in [0.4, 0.5) is 0 Å². The van der Waals surface area contributed by atoms with Gasteiger partial charge >= 0.3 is 0 Å². The predicted octanol–water partition coefficient (Wildman–Crippen LogP) is 2.95. The summed E-state index contributed by atoms with van der Waals surface area (Å²) < 4.78 is 5.79. The van der Waals surface area contributed by atoms with E-state index in [-0.39, 0.29) is 0 Å². The van der Waals surface area contributed by atoms with Crippen LogP contribution < -0.4 is 5.32 Å². The number of aromatic nitrogens is 2. The molecule has 0 spiro atoms. The van der Waals surface area contributed by atoms with E-state index in [1.54, 1.807) is 0 Å². The van der Waals surface area contributed by atoms with Crippen LogP contribution in [0.1, 0.15) is 55.9 Å². The van der Waals surface area contributed by atoms with Crippen LogP contribution in [0.3, 0.4) is 0 Å². The third kappa shape index (κ3) is 5.04. The van der Waals surface area contributed by atoms with Crippen LogP contribution in [0.15, 0.2) is 0 Å². The molecule has 1 aromatic heterocycles. The van der Waals surface area contributed by atoms with Gasteiger partial charge in [-0.2, -0.15) is 0 Å². The first kappa shape index (κ1) is 16.4. The van der Waals surface area contributed by atoms with Crippen molar-refractivity contribution in [2.75, 3.05) is 13.2 Å². The number of nitrogens with one attached hydrogen (secondary N) is 1. The summed E-state index contributed by atoms with van der Waals surface area (Å²) in [5.74, 6) is 1.60. The third-order valence-electron chi connectivity index (χ3n) is 4.01. The van der Waals surface area contributed by atoms with Crippen molar-refractivity contribution in [2.45, 2.75) is 66.0 Å². The molecule has 4 nitrogen and oxygen atoms in total. The lowest BCUT2D eigenvalue weighted by Crippen LogP contribution is -2.24. The van der Waals surface area contributed by atoms with E-state index < -0.39 is 0 Å². The van der Waals surface area contributed by atoms with Crippen LogP contribution in [0.5, 0.6) is 0 Å². The number of hydrogen-bond donors (Lipinski definition) is 1. The van der Waals surface area contributed by atoms with E-state index in [4.69, 9.17) is 14.7 Å². The zero-order valence-corrected chi connectivity index (χ0v) is 13.9. The van der Waals surface area contributed by atoms with Gasteiger partial charge in [0.05, 0.1) is 6.10 Å². The Morgan fingerprint density at radius 3 is 2.48 bits per heavy atom. The van der Waals surface area contributed by atoms with Gasteiger partial charge in [-0.15, -0.1) is 0 Å². The Morgan fingerprint density at radius 2 is 1.90 bits per heavy atom. The quantitative estimate of drug-likeness (QED) is 0.875. The zero-order chi connectivity index (χ0) is 15.2. The Labute approximate surface area is 128 Å². The van der Waals surface area contributed by atoms with Crippen LogP contribution in [0, 0.1) is 19.8 Å². The van der Waals surface area contributed by atoms with Crippen molar-refractivity contribution < 1.29 is 4.74 Å². The van der Waals surface area contributed by atoms with E-state index in [9.17, 15) is 0 Å². The predicted molar refractivity (Wildman–Crippen MR) is 85.3 cm³/mol. The molecule has 0 aromatic carbocycles. The van der Waals surface area contributed by atoms with E-state index >= 15 is 0 Å². The fourth-order valence-corrected chi connectivity index (χ4v) is 2.81. The maximum absolute atomic E-state index is 5.79. The Kier molecular flexibility index (Phi) is 6.12. The molecule has 1 aromatic rings. The molecule has 1 N–H and O–H groups in total. The highest BCUT2D eigenvalue weighted by Crippen LogP contribution is 2.17. The molecule has 21 heavy (non-hydrogen) atoms. The smallest absolute Gasteiger partial charge is 0.131 e. The summed E-state index contributed by atoms with van der Waals surface area (Å²) in [6.07, 6.45) is 4.75. The number of ether oxygens (including phenoxy) is 1. The molecule has 118 valence electrons. The van der Waals surface area contributed by atoms with E-state index in [2.05, 4.69) is 33.0 Å². The molecule has 0 saturated carbocycles. The average Bonchev–Trinajstić information content (AvgIpc) is 2.42. The summed E-state index contributed by atoms with van der Waals surface area (Å²) in [5, 5.41) is 3.48. The van der Waals surface area contributed by atoms with Crippen LogP contribution in [0.25, 0.3) is 0 Å². The Balaban J connectivity index is 1.98. The molecule has 0 aliphatic carbocycles. The third-order valence-corrected chi connectivity index (χ3v) is 4.01. The molecule has 1 aliphatic rings. The van der Waals surface area contributed by atoms with Crippen molar-refractivity contribution in [2.24, 2.45) is 5.92 Å². The Morgan fingerprint density at radius 1 is 1.19 bits per heavy atom. The molecule has 0 radical (unpaired) electrons. The van der Waals surface area contributed by atoms with Crippen molar-refractivity contribution >= 4 is 0 Å². The van der Waals surface area contributed by atoms with Gasteiger partial charge in [-0.1, -0.05) is 13.8 Å². The zero-order valence-electron chi connectivity index (χ0n) is 13.9. The van der Waals surface area contributed by atoms with Crippen LogP contribution in [-0.2, 0) is 17.7 Å². The molecule has 2 heterocycles. The van der Waals surface area contributed by atoms with Gasteiger partial charge in [-0.05, 0) is 45.6 Å². The van der Waals surface area contributed by atoms with Gasteiger partial charge in [0.25, 0.3) is 0 Å². The molecule has 0 amide bonds. The number of rotatable bonds is 6. The molecule has 4 heteroatoms. The highest BCUT2D eigenvalue weighted by Gasteiger charge is 2.17. The summed E-state index contributed by atoms with van der Waals surface area (Å²) in [4.78, 5) is 9.39. The van der Waals surface area contributed by atoms with E-state index in [1.165, 1.54) is 18.4 Å². The largest absolute Gasteiger partial charge is 0.378 e. The highest BCUT2D eigenvalue weighted by molar-refractivity contribution is 5.24. The molecular weight excluding hydrogens is 262 g/mol. The van der Waals surface area contributed by atoms with Gasteiger partial charge in [-0.3, -0.25) is 0 Å². The highest BCUT2D eigenvalue weighted by atomic mass is 16.5. The van der Waals surface area contributed by atoms with Crippen LogP contribution in [0.2, 0.25) is 0 Å². The lowest BCUT2D eigenvalue weighted by molar-refractivity contribution is 0.0156.